The van der Waals surface area contributed by atoms with E-state index in [0.29, 0.717) is 5.92 Å². The van der Waals surface area contributed by atoms with Crippen LogP contribution in [0.4, 0.5) is 4.79 Å². The third kappa shape index (κ3) is 3.11. The predicted molar refractivity (Wildman–Crippen MR) is 47.0 cm³/mol. The summed E-state index contributed by atoms with van der Waals surface area (Å²) >= 11 is 0. The lowest BCUT2D eigenvalue weighted by Crippen LogP contribution is -2.29. The minimum atomic E-state index is -0.305. The monoisotopic (exact) mass is 171 g/mol. The number of ether oxygens (including phenoxy) is 1. The molecule has 0 spiro atoms. The minimum Gasteiger partial charge on any atom is -0.453 e. The maximum Gasteiger partial charge on any atom is 0.406 e. The van der Waals surface area contributed by atoms with Crippen molar-refractivity contribution < 1.29 is 9.53 Å². The van der Waals surface area contributed by atoms with E-state index in [1.807, 2.05) is 0 Å². The van der Waals surface area contributed by atoms with Crippen molar-refractivity contribution in [1.29, 1.82) is 0 Å². The number of hydrogen-bond acceptors (Lipinski definition) is 2. The van der Waals surface area contributed by atoms with E-state index in [2.05, 4.69) is 10.1 Å². The van der Waals surface area contributed by atoms with E-state index in [1.165, 1.54) is 39.2 Å². The fourth-order valence-corrected chi connectivity index (χ4v) is 1.69. The van der Waals surface area contributed by atoms with Gasteiger partial charge in [-0.2, -0.15) is 0 Å². The van der Waals surface area contributed by atoms with Crippen molar-refractivity contribution in [3.63, 3.8) is 0 Å². The molecule has 1 saturated carbocycles. The highest BCUT2D eigenvalue weighted by Crippen LogP contribution is 2.22. The Hall–Kier alpha value is -0.730. The van der Waals surface area contributed by atoms with Crippen molar-refractivity contribution in [3.05, 3.63) is 0 Å². The summed E-state index contributed by atoms with van der Waals surface area (Å²) in [5, 5.41) is 2.74. The van der Waals surface area contributed by atoms with Crippen molar-refractivity contribution in [2.75, 3.05) is 13.7 Å². The molecule has 0 bridgehead atoms. The fraction of sp³-hybridized carbons (Fsp3) is 0.889. The van der Waals surface area contributed by atoms with Crippen molar-refractivity contribution in [2.45, 2.75) is 32.1 Å². The highest BCUT2D eigenvalue weighted by molar-refractivity contribution is 5.66. The van der Waals surface area contributed by atoms with Crippen LogP contribution in [0.15, 0.2) is 0 Å². The van der Waals surface area contributed by atoms with E-state index < -0.39 is 0 Å². The Balaban J connectivity index is 2.09. The summed E-state index contributed by atoms with van der Waals surface area (Å²) in [5.41, 5.74) is 0. The largest absolute Gasteiger partial charge is 0.453 e. The summed E-state index contributed by atoms with van der Waals surface area (Å²) in [7, 11) is 1.40. The van der Waals surface area contributed by atoms with Crippen LogP contribution in [0.3, 0.4) is 0 Å². The van der Waals surface area contributed by atoms with Gasteiger partial charge in [0.2, 0.25) is 0 Å². The summed E-state index contributed by atoms with van der Waals surface area (Å²) in [6.45, 7) is 0.784. The molecule has 0 aromatic heterocycles. The van der Waals surface area contributed by atoms with Crippen LogP contribution >= 0.6 is 0 Å². The second-order valence-corrected chi connectivity index (χ2v) is 3.38. The van der Waals surface area contributed by atoms with Crippen molar-refractivity contribution in [3.8, 4) is 0 Å². The topological polar surface area (TPSA) is 38.3 Å². The first kappa shape index (κ1) is 9.36. The molecule has 1 aliphatic rings. The smallest absolute Gasteiger partial charge is 0.406 e. The van der Waals surface area contributed by atoms with E-state index in [1.54, 1.807) is 0 Å². The lowest BCUT2D eigenvalue weighted by Gasteiger charge is -2.21. The molecular weight excluding hydrogens is 154 g/mol. The van der Waals surface area contributed by atoms with Crippen LogP contribution < -0.4 is 5.32 Å². The summed E-state index contributed by atoms with van der Waals surface area (Å²) in [6, 6.07) is 0. The lowest BCUT2D eigenvalue weighted by atomic mass is 9.89. The van der Waals surface area contributed by atoms with Gasteiger partial charge in [0.1, 0.15) is 0 Å². The fourth-order valence-electron chi connectivity index (χ4n) is 1.69. The zero-order valence-electron chi connectivity index (χ0n) is 7.64. The van der Waals surface area contributed by atoms with Gasteiger partial charge in [-0.3, -0.25) is 0 Å². The molecule has 1 fully saturated rings. The van der Waals surface area contributed by atoms with E-state index in [9.17, 15) is 4.79 Å². The molecule has 12 heavy (non-hydrogen) atoms. The third-order valence-corrected chi connectivity index (χ3v) is 2.45. The molecule has 70 valence electrons. The number of rotatable bonds is 2. The first-order chi connectivity index (χ1) is 5.83. The molecule has 0 aromatic carbocycles. The first-order valence-corrected chi connectivity index (χ1v) is 4.64. The number of carbonyl (C=O) groups is 1. The van der Waals surface area contributed by atoms with Gasteiger partial charge < -0.3 is 10.1 Å². The van der Waals surface area contributed by atoms with Gasteiger partial charge in [0, 0.05) is 6.54 Å². The molecule has 1 aliphatic carbocycles. The number of hydrogen-bond donors (Lipinski definition) is 1. The minimum absolute atomic E-state index is 0.305. The SMILES string of the molecule is COC(=O)NCC1CCCCC1. The Labute approximate surface area is 73.5 Å². The van der Waals surface area contributed by atoms with Crippen LogP contribution in [0.5, 0.6) is 0 Å². The molecule has 0 aliphatic heterocycles. The van der Waals surface area contributed by atoms with Crippen LogP contribution in [0.1, 0.15) is 32.1 Å². The molecule has 3 nitrogen and oxygen atoms in total. The van der Waals surface area contributed by atoms with Crippen LogP contribution in [0.2, 0.25) is 0 Å². The second kappa shape index (κ2) is 5.01. The Morgan fingerprint density at radius 3 is 2.67 bits per heavy atom. The average molecular weight is 171 g/mol. The summed E-state index contributed by atoms with van der Waals surface area (Å²) in [4.78, 5) is 10.7. The molecule has 1 amide bonds. The van der Waals surface area contributed by atoms with Gasteiger partial charge >= 0.3 is 6.09 Å². The number of methoxy groups -OCH3 is 1. The van der Waals surface area contributed by atoms with Gasteiger partial charge in [-0.05, 0) is 18.8 Å². The van der Waals surface area contributed by atoms with Gasteiger partial charge in [-0.15, -0.1) is 0 Å². The molecule has 0 unspecified atom stereocenters. The van der Waals surface area contributed by atoms with E-state index in [4.69, 9.17) is 0 Å². The maximum absolute atomic E-state index is 10.7. The summed E-state index contributed by atoms with van der Waals surface area (Å²) in [5.74, 6) is 0.679. The van der Waals surface area contributed by atoms with E-state index >= 15 is 0 Å². The van der Waals surface area contributed by atoms with Gasteiger partial charge in [0.25, 0.3) is 0 Å². The van der Waals surface area contributed by atoms with Crippen molar-refractivity contribution in [1.82, 2.24) is 5.32 Å². The Morgan fingerprint density at radius 2 is 2.08 bits per heavy atom. The molecule has 3 heteroatoms. The Bertz CT molecular complexity index is 141. The van der Waals surface area contributed by atoms with Crippen LogP contribution in [0.25, 0.3) is 0 Å². The average Bonchev–Trinajstić information content (AvgIpc) is 2.16. The van der Waals surface area contributed by atoms with Crippen LogP contribution in [-0.2, 0) is 4.74 Å². The molecule has 0 radical (unpaired) electrons. The molecule has 0 saturated heterocycles. The van der Waals surface area contributed by atoms with Gasteiger partial charge in [0.05, 0.1) is 7.11 Å². The molecule has 0 heterocycles. The van der Waals surface area contributed by atoms with E-state index in [0.717, 1.165) is 6.54 Å². The summed E-state index contributed by atoms with van der Waals surface area (Å²) < 4.78 is 4.49. The van der Waals surface area contributed by atoms with E-state index in [-0.39, 0.29) is 6.09 Å². The third-order valence-electron chi connectivity index (χ3n) is 2.45. The maximum atomic E-state index is 10.7. The van der Waals surface area contributed by atoms with Crippen LogP contribution in [0, 0.1) is 5.92 Å². The number of alkyl carbamates (subject to hydrolysis) is 1. The lowest BCUT2D eigenvalue weighted by molar-refractivity contribution is 0.167. The zero-order valence-corrected chi connectivity index (χ0v) is 7.64. The normalized spacial score (nSPS) is 18.8. The quantitative estimate of drug-likeness (QED) is 0.689. The number of carbonyl (C=O) groups excluding carboxylic acids is 1. The second-order valence-electron chi connectivity index (χ2n) is 3.38. The molecular formula is C9H17NO2. The number of nitrogens with one attached hydrogen (secondary N) is 1. The number of amides is 1. The first-order valence-electron chi connectivity index (χ1n) is 4.64. The zero-order chi connectivity index (χ0) is 8.81. The molecule has 1 N–H and O–H groups in total. The highest BCUT2D eigenvalue weighted by atomic mass is 16.5. The predicted octanol–water partition coefficient (Wildman–Crippen LogP) is 1.92. The van der Waals surface area contributed by atoms with Gasteiger partial charge in [0.15, 0.2) is 0 Å². The Morgan fingerprint density at radius 1 is 1.42 bits per heavy atom. The van der Waals surface area contributed by atoms with Gasteiger partial charge in [-0.1, -0.05) is 19.3 Å². The van der Waals surface area contributed by atoms with Gasteiger partial charge in [-0.25, -0.2) is 4.79 Å². The van der Waals surface area contributed by atoms with Crippen molar-refractivity contribution >= 4 is 6.09 Å². The Kier molecular flexibility index (Phi) is 3.91. The standard InChI is InChI=1S/C9H17NO2/c1-12-9(11)10-7-8-5-3-2-4-6-8/h8H,2-7H2,1H3,(H,10,11). The molecule has 1 rings (SSSR count). The molecule has 0 aromatic rings. The van der Waals surface area contributed by atoms with Crippen molar-refractivity contribution in [2.24, 2.45) is 5.92 Å². The van der Waals surface area contributed by atoms with Crippen LogP contribution in [-0.4, -0.2) is 19.7 Å². The molecule has 0 atom stereocenters. The summed E-state index contributed by atoms with van der Waals surface area (Å²) in [6.07, 6.45) is 6.18. The highest BCUT2D eigenvalue weighted by Gasteiger charge is 2.13.